The van der Waals surface area contributed by atoms with Gasteiger partial charge >= 0.3 is 12.0 Å². The Morgan fingerprint density at radius 2 is 1.81 bits per heavy atom. The van der Waals surface area contributed by atoms with Crippen LogP contribution in [0, 0.1) is 5.82 Å². The second-order valence-electron chi connectivity index (χ2n) is 7.29. The molecule has 2 amide bonds. The Balaban J connectivity index is 1.89. The van der Waals surface area contributed by atoms with Gasteiger partial charge in [-0.1, -0.05) is 19.1 Å². The molecule has 1 fully saturated rings. The van der Waals surface area contributed by atoms with Gasteiger partial charge in [-0.05, 0) is 30.8 Å². The largest absolute Gasteiger partial charge is 0.497 e. The summed E-state index contributed by atoms with van der Waals surface area (Å²) in [6.07, 6.45) is 0. The number of hydrogen-bond donors (Lipinski definition) is 0. The first-order valence-corrected chi connectivity index (χ1v) is 10.3. The Labute approximate surface area is 181 Å². The van der Waals surface area contributed by atoms with Crippen molar-refractivity contribution < 1.29 is 23.5 Å². The zero-order chi connectivity index (χ0) is 22.4. The zero-order valence-electron chi connectivity index (χ0n) is 18.1. The van der Waals surface area contributed by atoms with Crippen LogP contribution in [0.4, 0.5) is 14.9 Å². The van der Waals surface area contributed by atoms with Gasteiger partial charge in [-0.2, -0.15) is 0 Å². The van der Waals surface area contributed by atoms with Crippen molar-refractivity contribution in [2.24, 2.45) is 0 Å². The standard InChI is InChI=1S/C23H28FN3O4/c1-4-25-10-12-26(13-11-25)23(29)27(19-6-5-7-20(15-19)30-2)16-18-9-8-17(14-21(18)24)22(28)31-3/h5-9,14-15H,4,10-13,16H2,1-3H3. The van der Waals surface area contributed by atoms with Crippen molar-refractivity contribution in [3.8, 4) is 5.75 Å². The SMILES string of the molecule is CCN1CCN(C(=O)N(Cc2ccc(C(=O)OC)cc2F)c2cccc(OC)c2)CC1. The number of nitrogens with zero attached hydrogens (tertiary/aromatic N) is 3. The molecule has 0 N–H and O–H groups in total. The fourth-order valence-corrected chi connectivity index (χ4v) is 3.56. The van der Waals surface area contributed by atoms with Crippen LogP contribution in [0.5, 0.6) is 5.75 Å². The summed E-state index contributed by atoms with van der Waals surface area (Å²) < 4.78 is 24.7. The molecule has 3 rings (SSSR count). The molecular formula is C23H28FN3O4. The fraction of sp³-hybridized carbons (Fsp3) is 0.391. The van der Waals surface area contributed by atoms with E-state index in [9.17, 15) is 14.0 Å². The monoisotopic (exact) mass is 429 g/mol. The molecule has 8 heteroatoms. The third-order valence-corrected chi connectivity index (χ3v) is 5.49. The van der Waals surface area contributed by atoms with Crippen LogP contribution in [-0.2, 0) is 11.3 Å². The number of amides is 2. The number of esters is 1. The van der Waals surface area contributed by atoms with E-state index in [1.54, 1.807) is 41.2 Å². The maximum Gasteiger partial charge on any atom is 0.337 e. The van der Waals surface area contributed by atoms with Crippen molar-refractivity contribution in [2.45, 2.75) is 13.5 Å². The number of methoxy groups -OCH3 is 2. The highest BCUT2D eigenvalue weighted by molar-refractivity contribution is 5.92. The number of anilines is 1. The molecule has 0 aromatic heterocycles. The molecule has 0 unspecified atom stereocenters. The molecule has 0 bridgehead atoms. The fourth-order valence-electron chi connectivity index (χ4n) is 3.56. The first kappa shape index (κ1) is 22.6. The second kappa shape index (κ2) is 10.3. The molecule has 1 aliphatic heterocycles. The highest BCUT2D eigenvalue weighted by Gasteiger charge is 2.27. The minimum atomic E-state index is -0.611. The third-order valence-electron chi connectivity index (χ3n) is 5.49. The number of ether oxygens (including phenoxy) is 2. The summed E-state index contributed by atoms with van der Waals surface area (Å²) in [5.41, 5.74) is 1.04. The first-order valence-electron chi connectivity index (χ1n) is 10.3. The molecule has 2 aromatic carbocycles. The second-order valence-corrected chi connectivity index (χ2v) is 7.29. The Morgan fingerprint density at radius 1 is 1.06 bits per heavy atom. The minimum Gasteiger partial charge on any atom is -0.497 e. The third kappa shape index (κ3) is 5.32. The van der Waals surface area contributed by atoms with Crippen molar-refractivity contribution >= 4 is 17.7 Å². The average Bonchev–Trinajstić information content (AvgIpc) is 2.82. The molecule has 7 nitrogen and oxygen atoms in total. The summed E-state index contributed by atoms with van der Waals surface area (Å²) in [6.45, 7) is 5.88. The van der Waals surface area contributed by atoms with Gasteiger partial charge in [-0.3, -0.25) is 4.90 Å². The predicted molar refractivity (Wildman–Crippen MR) is 116 cm³/mol. The van der Waals surface area contributed by atoms with Gasteiger partial charge in [0, 0.05) is 43.5 Å². The highest BCUT2D eigenvalue weighted by atomic mass is 19.1. The van der Waals surface area contributed by atoms with E-state index in [4.69, 9.17) is 4.74 Å². The van der Waals surface area contributed by atoms with Crippen molar-refractivity contribution in [3.63, 3.8) is 0 Å². The Bertz CT molecular complexity index is 929. The van der Waals surface area contributed by atoms with Gasteiger partial charge in [0.2, 0.25) is 0 Å². The van der Waals surface area contributed by atoms with Gasteiger partial charge in [0.25, 0.3) is 0 Å². The molecule has 1 aliphatic rings. The number of piperazine rings is 1. The van der Waals surface area contributed by atoms with E-state index in [1.807, 2.05) is 0 Å². The van der Waals surface area contributed by atoms with Crippen LogP contribution in [0.1, 0.15) is 22.8 Å². The van der Waals surface area contributed by atoms with E-state index in [0.717, 1.165) is 25.7 Å². The number of carbonyl (C=O) groups is 2. The molecule has 0 radical (unpaired) electrons. The molecule has 2 aromatic rings. The van der Waals surface area contributed by atoms with Gasteiger partial charge in [0.1, 0.15) is 11.6 Å². The summed E-state index contributed by atoms with van der Waals surface area (Å²) >= 11 is 0. The molecule has 31 heavy (non-hydrogen) atoms. The van der Waals surface area contributed by atoms with Crippen LogP contribution in [0.3, 0.4) is 0 Å². The topological polar surface area (TPSA) is 62.3 Å². The van der Waals surface area contributed by atoms with E-state index < -0.39 is 11.8 Å². The average molecular weight is 429 g/mol. The van der Waals surface area contributed by atoms with Gasteiger partial charge in [-0.25, -0.2) is 14.0 Å². The molecule has 1 saturated heterocycles. The number of hydrogen-bond acceptors (Lipinski definition) is 5. The van der Waals surface area contributed by atoms with Crippen LogP contribution >= 0.6 is 0 Å². The molecule has 0 aliphatic carbocycles. The lowest BCUT2D eigenvalue weighted by Crippen LogP contribution is -2.52. The van der Waals surface area contributed by atoms with Crippen molar-refractivity contribution in [1.82, 2.24) is 9.80 Å². The molecule has 1 heterocycles. The summed E-state index contributed by atoms with van der Waals surface area (Å²) in [7, 11) is 2.80. The van der Waals surface area contributed by atoms with Gasteiger partial charge < -0.3 is 19.3 Å². The van der Waals surface area contributed by atoms with Gasteiger partial charge in [-0.15, -0.1) is 0 Å². The first-order chi connectivity index (χ1) is 15.0. The summed E-state index contributed by atoms with van der Waals surface area (Å²) in [4.78, 5) is 30.7. The number of urea groups is 1. The normalized spacial score (nSPS) is 14.3. The predicted octanol–water partition coefficient (Wildman–Crippen LogP) is 3.39. The summed E-state index contributed by atoms with van der Waals surface area (Å²) in [6, 6.07) is 11.1. The number of carbonyl (C=O) groups excluding carboxylic acids is 2. The molecule has 0 saturated carbocycles. The quantitative estimate of drug-likeness (QED) is 0.659. The van der Waals surface area contributed by atoms with Crippen LogP contribution in [-0.4, -0.2) is 68.7 Å². The molecule has 0 atom stereocenters. The number of benzene rings is 2. The van der Waals surface area contributed by atoms with Gasteiger partial charge in [0.15, 0.2) is 0 Å². The van der Waals surface area contributed by atoms with E-state index in [-0.39, 0.29) is 18.1 Å². The molecule has 0 spiro atoms. The van der Waals surface area contributed by atoms with Crippen molar-refractivity contribution in [1.29, 1.82) is 0 Å². The molecular weight excluding hydrogens is 401 g/mol. The number of halogens is 1. The van der Waals surface area contributed by atoms with Crippen LogP contribution in [0.2, 0.25) is 0 Å². The summed E-state index contributed by atoms with van der Waals surface area (Å²) in [5.74, 6) is -0.577. The maximum atomic E-state index is 14.8. The highest BCUT2D eigenvalue weighted by Crippen LogP contribution is 2.25. The smallest absolute Gasteiger partial charge is 0.337 e. The Hall–Kier alpha value is -3.13. The number of likely N-dealkylation sites (N-methyl/N-ethyl adjacent to an activating group) is 1. The minimum absolute atomic E-state index is 0.0211. The van der Waals surface area contributed by atoms with Crippen molar-refractivity contribution in [3.05, 3.63) is 59.4 Å². The van der Waals surface area contributed by atoms with E-state index in [0.29, 0.717) is 30.1 Å². The lowest BCUT2D eigenvalue weighted by Gasteiger charge is -2.37. The van der Waals surface area contributed by atoms with Crippen LogP contribution < -0.4 is 9.64 Å². The maximum absolute atomic E-state index is 14.8. The van der Waals surface area contributed by atoms with Crippen LogP contribution in [0.25, 0.3) is 0 Å². The van der Waals surface area contributed by atoms with Crippen LogP contribution in [0.15, 0.2) is 42.5 Å². The Kier molecular flexibility index (Phi) is 7.46. The van der Waals surface area contributed by atoms with Crippen molar-refractivity contribution in [2.75, 3.05) is 51.8 Å². The zero-order valence-corrected chi connectivity index (χ0v) is 18.1. The lowest BCUT2D eigenvalue weighted by atomic mass is 10.1. The van der Waals surface area contributed by atoms with E-state index in [2.05, 4.69) is 16.6 Å². The van der Waals surface area contributed by atoms with Gasteiger partial charge in [0.05, 0.1) is 26.3 Å². The van der Waals surface area contributed by atoms with E-state index in [1.165, 1.54) is 19.2 Å². The number of rotatable bonds is 6. The Morgan fingerprint density at radius 3 is 2.42 bits per heavy atom. The summed E-state index contributed by atoms with van der Waals surface area (Å²) in [5, 5.41) is 0. The van der Waals surface area contributed by atoms with E-state index >= 15 is 0 Å². The lowest BCUT2D eigenvalue weighted by molar-refractivity contribution is 0.0600. The molecule has 166 valence electrons.